The van der Waals surface area contributed by atoms with Gasteiger partial charge >= 0.3 is 0 Å². The van der Waals surface area contributed by atoms with Gasteiger partial charge in [-0.25, -0.2) is 0 Å². The van der Waals surface area contributed by atoms with Gasteiger partial charge < -0.3 is 10.6 Å². The van der Waals surface area contributed by atoms with E-state index in [9.17, 15) is 4.79 Å². The van der Waals surface area contributed by atoms with E-state index in [2.05, 4.69) is 24.0 Å². The van der Waals surface area contributed by atoms with E-state index < -0.39 is 0 Å². The van der Waals surface area contributed by atoms with Crippen LogP contribution in [-0.2, 0) is 11.2 Å². The van der Waals surface area contributed by atoms with Crippen molar-refractivity contribution in [2.75, 3.05) is 31.1 Å². The molecule has 1 amide bonds. The zero-order chi connectivity index (χ0) is 14.8. The minimum absolute atomic E-state index is 0.226. The molecule has 1 fully saturated rings. The first-order valence-electron chi connectivity index (χ1n) is 8.01. The van der Waals surface area contributed by atoms with Crippen molar-refractivity contribution in [3.05, 3.63) is 29.8 Å². The summed E-state index contributed by atoms with van der Waals surface area (Å²) in [5.41, 5.74) is 8.19. The summed E-state index contributed by atoms with van der Waals surface area (Å²) in [5, 5.41) is 0. The third-order valence-electron chi connectivity index (χ3n) is 4.97. The van der Waals surface area contributed by atoms with Crippen LogP contribution in [0.4, 0.5) is 5.69 Å². The molecule has 1 aromatic rings. The van der Waals surface area contributed by atoms with Crippen LogP contribution in [0.15, 0.2) is 24.3 Å². The minimum Gasteiger partial charge on any atom is -0.330 e. The highest BCUT2D eigenvalue weighted by atomic mass is 16.2. The molecule has 1 aromatic carbocycles. The fourth-order valence-corrected chi connectivity index (χ4v) is 3.53. The maximum Gasteiger partial charge on any atom is 0.241 e. The quantitative estimate of drug-likeness (QED) is 0.919. The van der Waals surface area contributed by atoms with E-state index in [1.54, 1.807) is 0 Å². The Bertz CT molecular complexity index is 517. The van der Waals surface area contributed by atoms with E-state index in [1.165, 1.54) is 12.0 Å². The maximum absolute atomic E-state index is 12.7. The SMILES string of the molecule is CC1CCC(CN)CN1CC(=O)N1CCc2ccccc21. The van der Waals surface area contributed by atoms with Crippen molar-refractivity contribution in [2.24, 2.45) is 11.7 Å². The lowest BCUT2D eigenvalue weighted by atomic mass is 9.93. The number of carbonyl (C=O) groups is 1. The summed E-state index contributed by atoms with van der Waals surface area (Å²) in [7, 11) is 0. The number of hydrogen-bond acceptors (Lipinski definition) is 3. The van der Waals surface area contributed by atoms with Crippen molar-refractivity contribution in [2.45, 2.75) is 32.2 Å². The van der Waals surface area contributed by atoms with Gasteiger partial charge in [-0.2, -0.15) is 0 Å². The molecule has 114 valence electrons. The minimum atomic E-state index is 0.226. The van der Waals surface area contributed by atoms with Crippen LogP contribution in [0, 0.1) is 5.92 Å². The molecule has 0 aliphatic carbocycles. The Morgan fingerprint density at radius 2 is 2.14 bits per heavy atom. The second-order valence-electron chi connectivity index (χ2n) is 6.38. The van der Waals surface area contributed by atoms with E-state index in [-0.39, 0.29) is 5.91 Å². The Balaban J connectivity index is 1.67. The number of rotatable bonds is 3. The van der Waals surface area contributed by atoms with Crippen LogP contribution in [0.1, 0.15) is 25.3 Å². The Morgan fingerprint density at radius 1 is 1.33 bits per heavy atom. The van der Waals surface area contributed by atoms with E-state index in [0.717, 1.165) is 38.2 Å². The molecule has 2 N–H and O–H groups in total. The first kappa shape index (κ1) is 14.5. The first-order valence-corrected chi connectivity index (χ1v) is 8.01. The molecular formula is C17H25N3O. The van der Waals surface area contributed by atoms with Crippen LogP contribution >= 0.6 is 0 Å². The van der Waals surface area contributed by atoms with Crippen molar-refractivity contribution in [1.82, 2.24) is 4.90 Å². The zero-order valence-electron chi connectivity index (χ0n) is 12.8. The third kappa shape index (κ3) is 2.97. The second-order valence-corrected chi connectivity index (χ2v) is 6.38. The summed E-state index contributed by atoms with van der Waals surface area (Å²) in [6, 6.07) is 8.72. The van der Waals surface area contributed by atoms with E-state index in [0.29, 0.717) is 18.5 Å². The average Bonchev–Trinajstić information content (AvgIpc) is 2.93. The number of amides is 1. The molecule has 2 atom stereocenters. The molecule has 0 spiro atoms. The van der Waals surface area contributed by atoms with Gasteiger partial charge in [0.2, 0.25) is 5.91 Å². The van der Waals surface area contributed by atoms with E-state index in [1.807, 2.05) is 17.0 Å². The predicted molar refractivity (Wildman–Crippen MR) is 85.3 cm³/mol. The third-order valence-corrected chi connectivity index (χ3v) is 4.97. The monoisotopic (exact) mass is 287 g/mol. The Hall–Kier alpha value is -1.39. The van der Waals surface area contributed by atoms with Crippen LogP contribution in [0.5, 0.6) is 0 Å². The summed E-state index contributed by atoms with van der Waals surface area (Å²) >= 11 is 0. The van der Waals surface area contributed by atoms with Crippen LogP contribution in [-0.4, -0.2) is 43.0 Å². The number of nitrogens with two attached hydrogens (primary N) is 1. The van der Waals surface area contributed by atoms with Crippen molar-refractivity contribution < 1.29 is 4.79 Å². The van der Waals surface area contributed by atoms with Gasteiger partial charge in [-0.05, 0) is 50.3 Å². The van der Waals surface area contributed by atoms with Gasteiger partial charge in [-0.1, -0.05) is 18.2 Å². The van der Waals surface area contributed by atoms with Crippen LogP contribution in [0.2, 0.25) is 0 Å². The van der Waals surface area contributed by atoms with Crippen molar-refractivity contribution in [1.29, 1.82) is 0 Å². The van der Waals surface area contributed by atoms with Crippen molar-refractivity contribution >= 4 is 11.6 Å². The smallest absolute Gasteiger partial charge is 0.241 e. The number of anilines is 1. The molecule has 4 nitrogen and oxygen atoms in total. The first-order chi connectivity index (χ1) is 10.2. The number of likely N-dealkylation sites (tertiary alicyclic amines) is 1. The molecule has 0 radical (unpaired) electrons. The second kappa shape index (κ2) is 6.16. The fraction of sp³-hybridized carbons (Fsp3) is 0.588. The summed E-state index contributed by atoms with van der Waals surface area (Å²) in [5.74, 6) is 0.768. The zero-order valence-corrected chi connectivity index (χ0v) is 12.8. The lowest BCUT2D eigenvalue weighted by molar-refractivity contribution is -0.120. The molecule has 4 heteroatoms. The molecule has 2 heterocycles. The van der Waals surface area contributed by atoms with Gasteiger partial charge in [0.15, 0.2) is 0 Å². The van der Waals surface area contributed by atoms with Crippen LogP contribution in [0.25, 0.3) is 0 Å². The van der Waals surface area contributed by atoms with Gasteiger partial charge in [-0.15, -0.1) is 0 Å². The van der Waals surface area contributed by atoms with Crippen LogP contribution in [0.3, 0.4) is 0 Å². The number of benzene rings is 1. The number of hydrogen-bond donors (Lipinski definition) is 1. The van der Waals surface area contributed by atoms with Crippen molar-refractivity contribution in [3.8, 4) is 0 Å². The average molecular weight is 287 g/mol. The summed E-state index contributed by atoms with van der Waals surface area (Å²) in [6.45, 7) is 5.24. The molecular weight excluding hydrogens is 262 g/mol. The topological polar surface area (TPSA) is 49.6 Å². The normalized spacial score (nSPS) is 25.9. The molecule has 2 aliphatic rings. The lowest BCUT2D eigenvalue weighted by Gasteiger charge is -2.37. The van der Waals surface area contributed by atoms with Gasteiger partial charge in [0.25, 0.3) is 0 Å². The van der Waals surface area contributed by atoms with E-state index >= 15 is 0 Å². The number of fused-ring (bicyclic) bond motifs is 1. The Labute approximate surface area is 126 Å². The van der Waals surface area contributed by atoms with Gasteiger partial charge in [0, 0.05) is 24.8 Å². The Kier molecular flexibility index (Phi) is 4.27. The number of para-hydroxylation sites is 1. The standard InChI is InChI=1S/C17H25N3O/c1-13-6-7-14(10-18)11-19(13)12-17(21)20-9-8-15-4-2-3-5-16(15)20/h2-5,13-14H,6-12,18H2,1H3. The lowest BCUT2D eigenvalue weighted by Crippen LogP contribution is -2.49. The molecule has 21 heavy (non-hydrogen) atoms. The summed E-state index contributed by atoms with van der Waals surface area (Å²) in [4.78, 5) is 16.9. The molecule has 2 unspecified atom stereocenters. The fourth-order valence-electron chi connectivity index (χ4n) is 3.53. The van der Waals surface area contributed by atoms with Crippen molar-refractivity contribution in [3.63, 3.8) is 0 Å². The van der Waals surface area contributed by atoms with Gasteiger partial charge in [0.1, 0.15) is 0 Å². The predicted octanol–water partition coefficient (Wildman–Crippen LogP) is 1.63. The molecule has 0 bridgehead atoms. The summed E-state index contributed by atoms with van der Waals surface area (Å²) < 4.78 is 0. The number of nitrogens with zero attached hydrogens (tertiary/aromatic N) is 2. The maximum atomic E-state index is 12.7. The highest BCUT2D eigenvalue weighted by Gasteiger charge is 2.30. The molecule has 3 rings (SSSR count). The molecule has 2 aliphatic heterocycles. The highest BCUT2D eigenvalue weighted by Crippen LogP contribution is 2.28. The Morgan fingerprint density at radius 3 is 2.95 bits per heavy atom. The van der Waals surface area contributed by atoms with Gasteiger partial charge in [0.05, 0.1) is 6.54 Å². The van der Waals surface area contributed by atoms with Gasteiger partial charge in [-0.3, -0.25) is 9.69 Å². The highest BCUT2D eigenvalue weighted by molar-refractivity contribution is 5.96. The largest absolute Gasteiger partial charge is 0.330 e. The summed E-state index contributed by atoms with van der Waals surface area (Å²) in [6.07, 6.45) is 3.31. The van der Waals surface area contributed by atoms with E-state index in [4.69, 9.17) is 5.73 Å². The van der Waals surface area contributed by atoms with Crippen LogP contribution < -0.4 is 10.6 Å². The number of carbonyl (C=O) groups excluding carboxylic acids is 1. The molecule has 1 saturated heterocycles. The molecule has 0 saturated carbocycles. The molecule has 0 aromatic heterocycles. The number of piperidine rings is 1.